The van der Waals surface area contributed by atoms with Gasteiger partial charge in [0.25, 0.3) is 0 Å². The number of hydrogen-bond donors (Lipinski definition) is 1. The van der Waals surface area contributed by atoms with Crippen LogP contribution >= 0.6 is 0 Å². The van der Waals surface area contributed by atoms with Gasteiger partial charge in [0.2, 0.25) is 12.1 Å². The van der Waals surface area contributed by atoms with E-state index in [0.717, 1.165) is 0 Å². The van der Waals surface area contributed by atoms with Gasteiger partial charge in [0.1, 0.15) is 0 Å². The minimum atomic E-state index is -0.960. The van der Waals surface area contributed by atoms with Crippen LogP contribution in [0.5, 0.6) is 0 Å². The predicted octanol–water partition coefficient (Wildman–Crippen LogP) is 1.90. The van der Waals surface area contributed by atoms with Crippen molar-refractivity contribution in [2.24, 2.45) is 17.3 Å². The lowest BCUT2D eigenvalue weighted by Crippen LogP contribution is -2.76. The van der Waals surface area contributed by atoms with E-state index in [2.05, 4.69) is 0 Å². The third-order valence-electron chi connectivity index (χ3n) is 6.79. The molecule has 1 spiro atoms. The van der Waals surface area contributed by atoms with Crippen molar-refractivity contribution in [3.8, 4) is 0 Å². The van der Waals surface area contributed by atoms with E-state index >= 15 is 0 Å². The lowest BCUT2D eigenvalue weighted by atomic mass is 9.49. The van der Waals surface area contributed by atoms with E-state index in [9.17, 15) is 9.90 Å². The maximum Gasteiger partial charge on any atom is 0.311 e. The third-order valence-corrected chi connectivity index (χ3v) is 6.79. The molecule has 124 valence electrons. The Balaban J connectivity index is 1.92. The van der Waals surface area contributed by atoms with E-state index < -0.39 is 28.7 Å². The predicted molar refractivity (Wildman–Crippen MR) is 74.1 cm³/mol. The molecule has 0 amide bonds. The Labute approximate surface area is 130 Å². The molecule has 5 rings (SSSR count). The molecule has 1 saturated carbocycles. The maximum absolute atomic E-state index is 12.3. The van der Waals surface area contributed by atoms with Gasteiger partial charge < -0.3 is 14.6 Å². The van der Waals surface area contributed by atoms with Gasteiger partial charge in [-0.25, -0.2) is 9.78 Å². The van der Waals surface area contributed by atoms with Crippen LogP contribution in [-0.4, -0.2) is 34.4 Å². The lowest BCUT2D eigenvalue weighted by molar-refractivity contribution is -0.570. The highest BCUT2D eigenvalue weighted by Crippen LogP contribution is 2.65. The molecular weight excluding hydrogens is 288 g/mol. The Morgan fingerprint density at radius 3 is 2.59 bits per heavy atom. The molecule has 6 nitrogen and oxygen atoms in total. The number of aliphatic hydroxyl groups is 1. The summed E-state index contributed by atoms with van der Waals surface area (Å²) in [6, 6.07) is 0. The fourth-order valence-electron chi connectivity index (χ4n) is 5.03. The first-order chi connectivity index (χ1) is 10.1. The first-order valence-corrected chi connectivity index (χ1v) is 8.12. The Morgan fingerprint density at radius 2 is 1.86 bits per heavy atom. The van der Waals surface area contributed by atoms with Crippen molar-refractivity contribution in [3.63, 3.8) is 0 Å². The largest absolute Gasteiger partial charge is 0.432 e. The Bertz CT molecular complexity index is 533. The van der Waals surface area contributed by atoms with Crippen LogP contribution in [0.2, 0.25) is 0 Å². The smallest absolute Gasteiger partial charge is 0.311 e. The molecule has 2 bridgehead atoms. The third kappa shape index (κ3) is 1.52. The second-order valence-electron chi connectivity index (χ2n) is 8.07. The van der Waals surface area contributed by atoms with E-state index in [1.807, 2.05) is 20.8 Å². The fraction of sp³-hybridized carbons (Fsp3) is 0.938. The van der Waals surface area contributed by atoms with Gasteiger partial charge in [0.05, 0.1) is 11.5 Å². The van der Waals surface area contributed by atoms with E-state index in [4.69, 9.17) is 19.2 Å². The number of carbonyl (C=O) groups is 1. The topological polar surface area (TPSA) is 74.2 Å². The highest BCUT2D eigenvalue weighted by molar-refractivity contribution is 5.75. The quantitative estimate of drug-likeness (QED) is 0.544. The van der Waals surface area contributed by atoms with Gasteiger partial charge in [0, 0.05) is 17.8 Å². The monoisotopic (exact) mass is 312 g/mol. The Morgan fingerprint density at radius 1 is 1.14 bits per heavy atom. The number of rotatable bonds is 0. The van der Waals surface area contributed by atoms with Crippen molar-refractivity contribution in [2.75, 3.05) is 0 Å². The summed E-state index contributed by atoms with van der Waals surface area (Å²) in [6.07, 6.45) is 1.75. The van der Waals surface area contributed by atoms with Crippen LogP contribution in [0.4, 0.5) is 0 Å². The van der Waals surface area contributed by atoms with Gasteiger partial charge in [0.15, 0.2) is 5.60 Å². The number of fused-ring (bicyclic) bond motifs is 2. The summed E-state index contributed by atoms with van der Waals surface area (Å²) in [7, 11) is 0. The second kappa shape index (κ2) is 4.04. The molecule has 0 unspecified atom stereocenters. The van der Waals surface area contributed by atoms with E-state index in [1.54, 1.807) is 6.92 Å². The summed E-state index contributed by atoms with van der Waals surface area (Å²) >= 11 is 0. The van der Waals surface area contributed by atoms with Crippen LogP contribution in [0.15, 0.2) is 0 Å². The standard InChI is InChI=1S/C16H24O6/c1-9-11(17)19-12-16-10(5-6-15(4,20-12)21-22-16)14(3,18)8-7-13(9,16)2/h9-10,12,18H,5-8H2,1-4H3/t9-,10-,12+,13-,14-,15+,16-/m0/s1. The lowest BCUT2D eigenvalue weighted by Gasteiger charge is -2.64. The summed E-state index contributed by atoms with van der Waals surface area (Å²) < 4.78 is 11.6. The van der Waals surface area contributed by atoms with Gasteiger partial charge >= 0.3 is 5.97 Å². The Kier molecular flexibility index (Phi) is 2.73. The molecule has 4 saturated heterocycles. The zero-order valence-corrected chi connectivity index (χ0v) is 13.5. The van der Waals surface area contributed by atoms with Gasteiger partial charge in [-0.3, -0.25) is 4.79 Å². The zero-order chi connectivity index (χ0) is 16.0. The molecular formula is C16H24O6. The summed E-state index contributed by atoms with van der Waals surface area (Å²) in [5.41, 5.74) is -2.35. The minimum Gasteiger partial charge on any atom is -0.432 e. The van der Waals surface area contributed by atoms with Crippen LogP contribution in [0.3, 0.4) is 0 Å². The average Bonchev–Trinajstić information content (AvgIpc) is 2.67. The molecule has 0 aromatic heterocycles. The molecule has 1 aliphatic carbocycles. The van der Waals surface area contributed by atoms with Crippen LogP contribution in [-0.2, 0) is 24.0 Å². The minimum absolute atomic E-state index is 0.205. The van der Waals surface area contributed by atoms with Crippen molar-refractivity contribution in [1.29, 1.82) is 0 Å². The van der Waals surface area contributed by atoms with Crippen molar-refractivity contribution in [2.45, 2.75) is 76.7 Å². The van der Waals surface area contributed by atoms with Gasteiger partial charge in [-0.15, -0.1) is 0 Å². The molecule has 7 atom stereocenters. The molecule has 0 radical (unpaired) electrons. The number of carbonyl (C=O) groups excluding carboxylic acids is 1. The summed E-state index contributed by atoms with van der Waals surface area (Å²) in [5, 5.41) is 11.0. The molecule has 4 aliphatic heterocycles. The molecule has 1 N–H and O–H groups in total. The molecule has 5 aliphatic rings. The molecule has 0 aromatic rings. The van der Waals surface area contributed by atoms with E-state index in [1.165, 1.54) is 0 Å². The number of esters is 1. The first kappa shape index (κ1) is 14.9. The molecule has 4 heterocycles. The number of hydrogen-bond acceptors (Lipinski definition) is 6. The molecule has 22 heavy (non-hydrogen) atoms. The van der Waals surface area contributed by atoms with Crippen molar-refractivity contribution in [1.82, 2.24) is 0 Å². The molecule has 0 aromatic carbocycles. The van der Waals surface area contributed by atoms with Crippen LogP contribution in [0, 0.1) is 17.3 Å². The van der Waals surface area contributed by atoms with Crippen LogP contribution < -0.4 is 0 Å². The molecule has 6 heteroatoms. The van der Waals surface area contributed by atoms with Crippen LogP contribution in [0.1, 0.15) is 53.4 Å². The van der Waals surface area contributed by atoms with Gasteiger partial charge in [-0.1, -0.05) is 13.8 Å². The summed E-state index contributed by atoms with van der Waals surface area (Å²) in [6.45, 7) is 7.53. The normalized spacial score (nSPS) is 60.4. The summed E-state index contributed by atoms with van der Waals surface area (Å²) in [5.74, 6) is -1.75. The Hall–Kier alpha value is -0.690. The number of ether oxygens (including phenoxy) is 2. The van der Waals surface area contributed by atoms with Crippen LogP contribution in [0.25, 0.3) is 0 Å². The van der Waals surface area contributed by atoms with Gasteiger partial charge in [-0.2, -0.15) is 0 Å². The maximum atomic E-state index is 12.3. The SMILES string of the molecule is C[C@H]1C(=O)O[C@@H]2O[C@@]3(C)CC[C@@H]4[C@@]2(OO3)[C@@]1(C)CC[C@]4(C)O. The van der Waals surface area contributed by atoms with E-state index in [0.29, 0.717) is 25.7 Å². The zero-order valence-electron chi connectivity index (χ0n) is 13.5. The highest BCUT2D eigenvalue weighted by Gasteiger charge is 2.77. The summed E-state index contributed by atoms with van der Waals surface area (Å²) in [4.78, 5) is 23.9. The van der Waals surface area contributed by atoms with Crippen molar-refractivity contribution < 1.29 is 29.1 Å². The second-order valence-corrected chi connectivity index (χ2v) is 8.07. The molecule has 5 fully saturated rings. The van der Waals surface area contributed by atoms with Gasteiger partial charge in [-0.05, 0) is 33.1 Å². The fourth-order valence-corrected chi connectivity index (χ4v) is 5.03. The first-order valence-electron chi connectivity index (χ1n) is 8.12. The highest BCUT2D eigenvalue weighted by atomic mass is 17.3. The average molecular weight is 312 g/mol. The van der Waals surface area contributed by atoms with Crippen molar-refractivity contribution in [3.05, 3.63) is 0 Å². The van der Waals surface area contributed by atoms with Crippen molar-refractivity contribution >= 4 is 5.97 Å². The van der Waals surface area contributed by atoms with E-state index in [-0.39, 0.29) is 17.8 Å².